The lowest BCUT2D eigenvalue weighted by atomic mass is 10.0. The summed E-state index contributed by atoms with van der Waals surface area (Å²) in [5.74, 6) is 0. The minimum atomic E-state index is -0.278. The second kappa shape index (κ2) is 6.83. The van der Waals surface area contributed by atoms with Crippen LogP contribution in [0.2, 0.25) is 0 Å². The van der Waals surface area contributed by atoms with E-state index in [1.807, 2.05) is 18.5 Å². The van der Waals surface area contributed by atoms with Gasteiger partial charge in [-0.2, -0.15) is 5.10 Å². The lowest BCUT2D eigenvalue weighted by molar-refractivity contribution is -0.386. The summed E-state index contributed by atoms with van der Waals surface area (Å²) in [4.78, 5) is 10.9. The third kappa shape index (κ3) is 3.17. The summed E-state index contributed by atoms with van der Waals surface area (Å²) in [6, 6.07) is 0.529. The van der Waals surface area contributed by atoms with Crippen molar-refractivity contribution in [3.8, 4) is 0 Å². The third-order valence-corrected chi connectivity index (χ3v) is 4.05. The third-order valence-electron chi connectivity index (χ3n) is 4.05. The van der Waals surface area contributed by atoms with Gasteiger partial charge < -0.3 is 5.32 Å². The molecule has 0 aliphatic carbocycles. The van der Waals surface area contributed by atoms with Gasteiger partial charge in [-0.3, -0.25) is 14.8 Å². The Hall–Kier alpha value is -1.43. The number of hydrogen-bond acceptors (Lipinski definition) is 4. The van der Waals surface area contributed by atoms with Crippen molar-refractivity contribution in [3.05, 3.63) is 21.5 Å². The maximum absolute atomic E-state index is 11.2. The molecular formula is C14H24N4O2. The smallest absolute Gasteiger partial charge is 0.313 e. The van der Waals surface area contributed by atoms with Crippen LogP contribution in [0.1, 0.15) is 50.9 Å². The fourth-order valence-corrected chi connectivity index (χ4v) is 2.97. The van der Waals surface area contributed by atoms with Gasteiger partial charge in [-0.1, -0.05) is 20.3 Å². The molecule has 0 spiro atoms. The molecule has 1 aromatic rings. The Bertz CT molecular complexity index is 464. The van der Waals surface area contributed by atoms with Crippen LogP contribution in [-0.4, -0.2) is 27.3 Å². The fraction of sp³-hybridized carbons (Fsp3) is 0.786. The van der Waals surface area contributed by atoms with E-state index in [1.165, 1.54) is 19.3 Å². The lowest BCUT2D eigenvalue weighted by Crippen LogP contribution is -2.34. The molecule has 1 N–H and O–H groups in total. The van der Waals surface area contributed by atoms with Gasteiger partial charge in [0.25, 0.3) is 0 Å². The topological polar surface area (TPSA) is 73.0 Å². The standard InChI is InChI=1S/C14H24N4O2/c1-3-12-14(18(19)20)13(4-2)17(16-12)10-8-11-7-5-6-9-15-11/h11,15H,3-10H2,1-2H3. The van der Waals surface area contributed by atoms with Gasteiger partial charge in [0.2, 0.25) is 0 Å². The fourth-order valence-electron chi connectivity index (χ4n) is 2.97. The quantitative estimate of drug-likeness (QED) is 0.641. The molecule has 1 atom stereocenters. The van der Waals surface area contributed by atoms with E-state index < -0.39 is 0 Å². The molecule has 6 heteroatoms. The van der Waals surface area contributed by atoms with Gasteiger partial charge in [0.05, 0.1) is 4.92 Å². The zero-order chi connectivity index (χ0) is 14.5. The first-order valence-electron chi connectivity index (χ1n) is 7.63. The van der Waals surface area contributed by atoms with Crippen LogP contribution in [0.15, 0.2) is 0 Å². The highest BCUT2D eigenvalue weighted by molar-refractivity contribution is 5.41. The SMILES string of the molecule is CCc1nn(CCC2CCCCN2)c(CC)c1[N+](=O)[O-]. The van der Waals surface area contributed by atoms with Crippen LogP contribution in [-0.2, 0) is 19.4 Å². The normalized spacial score (nSPS) is 19.2. The molecule has 112 valence electrons. The molecule has 0 aromatic carbocycles. The molecule has 0 bridgehead atoms. The summed E-state index contributed by atoms with van der Waals surface area (Å²) in [5.41, 5.74) is 1.61. The maximum Gasteiger partial charge on any atom is 0.313 e. The van der Waals surface area contributed by atoms with E-state index in [4.69, 9.17) is 0 Å². The molecule has 1 aromatic heterocycles. The van der Waals surface area contributed by atoms with Crippen LogP contribution < -0.4 is 5.32 Å². The van der Waals surface area contributed by atoms with Crippen LogP contribution in [0, 0.1) is 10.1 Å². The molecule has 0 saturated carbocycles. The monoisotopic (exact) mass is 280 g/mol. The Labute approximate surface area is 119 Å². The number of aryl methyl sites for hydroxylation is 2. The van der Waals surface area contributed by atoms with E-state index in [9.17, 15) is 10.1 Å². The predicted octanol–water partition coefficient (Wildman–Crippen LogP) is 2.45. The molecule has 1 saturated heterocycles. The molecule has 1 unspecified atom stereocenters. The van der Waals surface area contributed by atoms with Crippen molar-refractivity contribution in [2.45, 2.75) is 65.0 Å². The largest absolute Gasteiger partial charge is 0.314 e. The summed E-state index contributed by atoms with van der Waals surface area (Å²) >= 11 is 0. The first kappa shape index (κ1) is 15.0. The summed E-state index contributed by atoms with van der Waals surface area (Å²) in [7, 11) is 0. The first-order chi connectivity index (χ1) is 9.67. The Kier molecular flexibility index (Phi) is 5.11. The van der Waals surface area contributed by atoms with Gasteiger partial charge in [-0.05, 0) is 38.6 Å². The van der Waals surface area contributed by atoms with E-state index in [0.717, 1.165) is 25.2 Å². The summed E-state index contributed by atoms with van der Waals surface area (Å²) in [6.07, 6.45) is 5.99. The van der Waals surface area contributed by atoms with Crippen LogP contribution in [0.3, 0.4) is 0 Å². The first-order valence-corrected chi connectivity index (χ1v) is 7.63. The van der Waals surface area contributed by atoms with Crippen molar-refractivity contribution in [2.75, 3.05) is 6.54 Å². The average molecular weight is 280 g/mol. The lowest BCUT2D eigenvalue weighted by Gasteiger charge is -2.23. The van der Waals surface area contributed by atoms with Crippen molar-refractivity contribution in [1.29, 1.82) is 0 Å². The molecule has 6 nitrogen and oxygen atoms in total. The second-order valence-electron chi connectivity index (χ2n) is 5.36. The van der Waals surface area contributed by atoms with Crippen LogP contribution in [0.4, 0.5) is 5.69 Å². The molecule has 1 fully saturated rings. The molecule has 20 heavy (non-hydrogen) atoms. The minimum Gasteiger partial charge on any atom is -0.314 e. The number of aromatic nitrogens is 2. The van der Waals surface area contributed by atoms with E-state index in [0.29, 0.717) is 24.6 Å². The predicted molar refractivity (Wildman–Crippen MR) is 77.9 cm³/mol. The number of hydrogen-bond donors (Lipinski definition) is 1. The van der Waals surface area contributed by atoms with Gasteiger partial charge in [0.1, 0.15) is 11.4 Å². The number of rotatable bonds is 6. The molecule has 1 aliphatic heterocycles. The minimum absolute atomic E-state index is 0.228. The van der Waals surface area contributed by atoms with Crippen LogP contribution in [0.25, 0.3) is 0 Å². The van der Waals surface area contributed by atoms with Crippen molar-refractivity contribution in [2.24, 2.45) is 0 Å². The Morgan fingerprint density at radius 3 is 2.75 bits per heavy atom. The second-order valence-corrected chi connectivity index (χ2v) is 5.36. The van der Waals surface area contributed by atoms with Crippen molar-refractivity contribution in [3.63, 3.8) is 0 Å². The Morgan fingerprint density at radius 2 is 2.20 bits per heavy atom. The van der Waals surface area contributed by atoms with E-state index in [-0.39, 0.29) is 10.6 Å². The highest BCUT2D eigenvalue weighted by Gasteiger charge is 2.25. The number of piperidine rings is 1. The molecule has 0 amide bonds. The van der Waals surface area contributed by atoms with Crippen molar-refractivity contribution < 1.29 is 4.92 Å². The Balaban J connectivity index is 2.12. The summed E-state index contributed by atoms with van der Waals surface area (Å²) in [6.45, 7) is 5.73. The highest BCUT2D eigenvalue weighted by Crippen LogP contribution is 2.25. The number of nitrogens with one attached hydrogen (secondary N) is 1. The van der Waals surface area contributed by atoms with Gasteiger partial charge in [-0.25, -0.2) is 0 Å². The van der Waals surface area contributed by atoms with Gasteiger partial charge >= 0.3 is 5.69 Å². The molecule has 0 radical (unpaired) electrons. The van der Waals surface area contributed by atoms with Crippen LogP contribution in [0.5, 0.6) is 0 Å². The average Bonchev–Trinajstić information content (AvgIpc) is 2.84. The highest BCUT2D eigenvalue weighted by atomic mass is 16.6. The van der Waals surface area contributed by atoms with Crippen molar-refractivity contribution >= 4 is 5.69 Å². The Morgan fingerprint density at radius 1 is 1.40 bits per heavy atom. The van der Waals surface area contributed by atoms with Gasteiger partial charge in [-0.15, -0.1) is 0 Å². The van der Waals surface area contributed by atoms with Gasteiger partial charge in [0, 0.05) is 12.6 Å². The molecular weight excluding hydrogens is 256 g/mol. The van der Waals surface area contributed by atoms with Crippen LogP contribution >= 0.6 is 0 Å². The molecule has 2 rings (SSSR count). The van der Waals surface area contributed by atoms with Crippen molar-refractivity contribution in [1.82, 2.24) is 15.1 Å². The molecule has 2 heterocycles. The number of nitro groups is 1. The van der Waals surface area contributed by atoms with E-state index in [1.54, 1.807) is 0 Å². The zero-order valence-electron chi connectivity index (χ0n) is 12.4. The number of nitrogens with zero attached hydrogens (tertiary/aromatic N) is 3. The maximum atomic E-state index is 11.2. The van der Waals surface area contributed by atoms with E-state index in [2.05, 4.69) is 10.4 Å². The summed E-state index contributed by atoms with van der Waals surface area (Å²) < 4.78 is 1.85. The van der Waals surface area contributed by atoms with E-state index >= 15 is 0 Å². The summed E-state index contributed by atoms with van der Waals surface area (Å²) in [5, 5.41) is 19.2. The molecule has 1 aliphatic rings. The van der Waals surface area contributed by atoms with Gasteiger partial charge in [0.15, 0.2) is 0 Å². The zero-order valence-corrected chi connectivity index (χ0v) is 12.4.